The van der Waals surface area contributed by atoms with Gasteiger partial charge >= 0.3 is 0 Å². The van der Waals surface area contributed by atoms with E-state index in [4.69, 9.17) is 0 Å². The smallest absolute Gasteiger partial charge is 0.243 e. The molecule has 0 aromatic heterocycles. The van der Waals surface area contributed by atoms with Gasteiger partial charge in [0.05, 0.1) is 6.54 Å². The molecule has 1 heterocycles. The molecule has 4 nitrogen and oxygen atoms in total. The predicted octanol–water partition coefficient (Wildman–Crippen LogP) is 1.94. The van der Waals surface area contributed by atoms with Crippen LogP contribution in [0.15, 0.2) is 0 Å². The zero-order chi connectivity index (χ0) is 14.0. The molecule has 4 heteroatoms. The van der Waals surface area contributed by atoms with Crippen molar-refractivity contribution in [3.05, 3.63) is 0 Å². The molecule has 0 bridgehead atoms. The van der Waals surface area contributed by atoms with Crippen LogP contribution in [0.2, 0.25) is 0 Å². The van der Waals surface area contributed by atoms with Crippen molar-refractivity contribution in [1.82, 2.24) is 10.2 Å². The maximum atomic E-state index is 12.3. The molecule has 19 heavy (non-hydrogen) atoms. The molecule has 0 aromatic carbocycles. The van der Waals surface area contributed by atoms with Crippen LogP contribution in [0.25, 0.3) is 0 Å². The van der Waals surface area contributed by atoms with Gasteiger partial charge in [-0.1, -0.05) is 40.0 Å². The summed E-state index contributed by atoms with van der Waals surface area (Å²) in [5.74, 6) is 1.00. The molecule has 1 N–H and O–H groups in total. The Balaban J connectivity index is 2.17. The highest BCUT2D eigenvalue weighted by molar-refractivity contribution is 5.95. The normalized spacial score (nSPS) is 32.6. The summed E-state index contributed by atoms with van der Waals surface area (Å²) < 4.78 is 0. The highest BCUT2D eigenvalue weighted by Crippen LogP contribution is 2.32. The molecule has 1 aliphatic heterocycles. The van der Waals surface area contributed by atoms with Gasteiger partial charge in [0.15, 0.2) is 0 Å². The first kappa shape index (κ1) is 14.4. The summed E-state index contributed by atoms with van der Waals surface area (Å²) in [4.78, 5) is 26.2. The molecule has 1 saturated carbocycles. The average Bonchev–Trinajstić information content (AvgIpc) is 2.40. The molecule has 108 valence electrons. The van der Waals surface area contributed by atoms with Crippen molar-refractivity contribution < 1.29 is 9.59 Å². The minimum absolute atomic E-state index is 0.0215. The van der Waals surface area contributed by atoms with Crippen molar-refractivity contribution in [3.63, 3.8) is 0 Å². The number of piperazine rings is 1. The number of hydrogen-bond donors (Lipinski definition) is 1. The second-order valence-electron chi connectivity index (χ2n) is 6.30. The Morgan fingerprint density at radius 3 is 2.68 bits per heavy atom. The quantitative estimate of drug-likeness (QED) is 0.848. The van der Waals surface area contributed by atoms with E-state index in [9.17, 15) is 9.59 Å². The van der Waals surface area contributed by atoms with Crippen LogP contribution < -0.4 is 5.32 Å². The van der Waals surface area contributed by atoms with Gasteiger partial charge in [-0.25, -0.2) is 0 Å². The van der Waals surface area contributed by atoms with Crippen LogP contribution in [-0.2, 0) is 9.59 Å². The molecule has 0 aromatic rings. The molecule has 1 aliphatic carbocycles. The lowest BCUT2D eigenvalue weighted by atomic mass is 9.82. The molecule has 0 spiro atoms. The maximum absolute atomic E-state index is 12.3. The van der Waals surface area contributed by atoms with E-state index in [-0.39, 0.29) is 36.4 Å². The second kappa shape index (κ2) is 5.93. The second-order valence-corrected chi connectivity index (χ2v) is 6.30. The van der Waals surface area contributed by atoms with Gasteiger partial charge in [-0.15, -0.1) is 0 Å². The monoisotopic (exact) mass is 266 g/mol. The summed E-state index contributed by atoms with van der Waals surface area (Å²) in [5, 5.41) is 2.73. The summed E-state index contributed by atoms with van der Waals surface area (Å²) in [7, 11) is 0. The third-order valence-electron chi connectivity index (χ3n) is 4.63. The predicted molar refractivity (Wildman–Crippen MR) is 74.5 cm³/mol. The fraction of sp³-hybridized carbons (Fsp3) is 0.867. The highest BCUT2D eigenvalue weighted by atomic mass is 16.2. The first-order valence-electron chi connectivity index (χ1n) is 7.63. The van der Waals surface area contributed by atoms with Crippen molar-refractivity contribution in [2.75, 3.05) is 6.54 Å². The Morgan fingerprint density at radius 2 is 2.05 bits per heavy atom. The van der Waals surface area contributed by atoms with Gasteiger partial charge in [0, 0.05) is 6.04 Å². The highest BCUT2D eigenvalue weighted by Gasteiger charge is 2.41. The van der Waals surface area contributed by atoms with Crippen LogP contribution in [0.1, 0.15) is 52.9 Å². The third-order valence-corrected chi connectivity index (χ3v) is 4.63. The molecule has 0 radical (unpaired) electrons. The number of nitrogens with one attached hydrogen (secondary N) is 1. The van der Waals surface area contributed by atoms with Crippen molar-refractivity contribution in [2.24, 2.45) is 11.8 Å². The van der Waals surface area contributed by atoms with Gasteiger partial charge in [-0.3, -0.25) is 9.59 Å². The Bertz CT molecular complexity index is 354. The Labute approximate surface area is 115 Å². The van der Waals surface area contributed by atoms with Crippen molar-refractivity contribution in [3.8, 4) is 0 Å². The number of nitrogens with zero attached hydrogens (tertiary/aromatic N) is 1. The third kappa shape index (κ3) is 2.93. The Morgan fingerprint density at radius 1 is 1.32 bits per heavy atom. The lowest BCUT2D eigenvalue weighted by Crippen LogP contribution is -2.63. The van der Waals surface area contributed by atoms with Gasteiger partial charge in [-0.2, -0.15) is 0 Å². The SMILES string of the molecule is CCC1CCCC(N2C(=O)CNC(=O)C2C(C)C)C1. The van der Waals surface area contributed by atoms with Gasteiger partial charge in [-0.05, 0) is 24.7 Å². The van der Waals surface area contributed by atoms with E-state index in [1.165, 1.54) is 19.3 Å². The van der Waals surface area contributed by atoms with E-state index in [1.807, 2.05) is 18.7 Å². The number of carbonyl (C=O) groups is 2. The van der Waals surface area contributed by atoms with Crippen LogP contribution in [0.5, 0.6) is 0 Å². The molecule has 2 amide bonds. The molecule has 2 fully saturated rings. The van der Waals surface area contributed by atoms with Crippen molar-refractivity contribution in [2.45, 2.75) is 65.0 Å². The van der Waals surface area contributed by atoms with Crippen LogP contribution in [0, 0.1) is 11.8 Å². The van der Waals surface area contributed by atoms with Crippen LogP contribution in [0.3, 0.4) is 0 Å². The zero-order valence-corrected chi connectivity index (χ0v) is 12.3. The van der Waals surface area contributed by atoms with Gasteiger partial charge in [0.2, 0.25) is 11.8 Å². The molecular formula is C15H26N2O2. The number of carbonyl (C=O) groups excluding carboxylic acids is 2. The van der Waals surface area contributed by atoms with Crippen molar-refractivity contribution >= 4 is 11.8 Å². The van der Waals surface area contributed by atoms with E-state index in [0.717, 1.165) is 12.8 Å². The van der Waals surface area contributed by atoms with Crippen LogP contribution in [0.4, 0.5) is 0 Å². The summed E-state index contributed by atoms with van der Waals surface area (Å²) in [6.07, 6.45) is 5.75. The van der Waals surface area contributed by atoms with Gasteiger partial charge in [0.25, 0.3) is 0 Å². The topological polar surface area (TPSA) is 49.4 Å². The fourth-order valence-corrected chi connectivity index (χ4v) is 3.58. The maximum Gasteiger partial charge on any atom is 0.243 e. The lowest BCUT2D eigenvalue weighted by Gasteiger charge is -2.45. The Kier molecular flexibility index (Phi) is 4.48. The minimum atomic E-state index is -0.276. The molecule has 2 rings (SSSR count). The van der Waals surface area contributed by atoms with Crippen molar-refractivity contribution in [1.29, 1.82) is 0 Å². The van der Waals surface area contributed by atoms with E-state index in [0.29, 0.717) is 5.92 Å². The molecular weight excluding hydrogens is 240 g/mol. The summed E-state index contributed by atoms with van der Waals surface area (Å²) in [6, 6.07) is -0.00786. The van der Waals surface area contributed by atoms with E-state index < -0.39 is 0 Å². The van der Waals surface area contributed by atoms with Gasteiger partial charge in [0.1, 0.15) is 6.04 Å². The number of rotatable bonds is 3. The number of hydrogen-bond acceptors (Lipinski definition) is 2. The standard InChI is InChI=1S/C15H26N2O2/c1-4-11-6-5-7-12(8-11)17-13(18)9-16-15(19)14(17)10(2)3/h10-12,14H,4-9H2,1-3H3,(H,16,19). The van der Waals surface area contributed by atoms with E-state index in [2.05, 4.69) is 12.2 Å². The molecule has 2 aliphatic rings. The Hall–Kier alpha value is -1.06. The van der Waals surface area contributed by atoms with Crippen LogP contribution in [-0.4, -0.2) is 35.3 Å². The first-order chi connectivity index (χ1) is 9.04. The average molecular weight is 266 g/mol. The molecule has 3 unspecified atom stereocenters. The summed E-state index contributed by atoms with van der Waals surface area (Å²) in [6.45, 7) is 6.44. The summed E-state index contributed by atoms with van der Waals surface area (Å²) in [5.41, 5.74) is 0. The summed E-state index contributed by atoms with van der Waals surface area (Å²) >= 11 is 0. The fourth-order valence-electron chi connectivity index (χ4n) is 3.58. The van der Waals surface area contributed by atoms with Crippen LogP contribution >= 0.6 is 0 Å². The first-order valence-corrected chi connectivity index (χ1v) is 7.63. The largest absolute Gasteiger partial charge is 0.345 e. The lowest BCUT2D eigenvalue weighted by molar-refractivity contribution is -0.151. The molecule has 1 saturated heterocycles. The molecule has 3 atom stereocenters. The van der Waals surface area contributed by atoms with E-state index in [1.54, 1.807) is 0 Å². The van der Waals surface area contributed by atoms with E-state index >= 15 is 0 Å². The van der Waals surface area contributed by atoms with Gasteiger partial charge < -0.3 is 10.2 Å². The number of amides is 2. The zero-order valence-electron chi connectivity index (χ0n) is 12.3. The minimum Gasteiger partial charge on any atom is -0.345 e.